The Kier molecular flexibility index (Phi) is 3.22. The minimum absolute atomic E-state index is 0.182. The fourth-order valence-corrected chi connectivity index (χ4v) is 2.74. The van der Waals surface area contributed by atoms with Crippen molar-refractivity contribution in [3.8, 4) is 0 Å². The third-order valence-electron chi connectivity index (χ3n) is 4.13. The van der Waals surface area contributed by atoms with Gasteiger partial charge in [0, 0.05) is 25.7 Å². The second-order valence-electron chi connectivity index (χ2n) is 5.24. The van der Waals surface area contributed by atoms with Crippen molar-refractivity contribution in [3.63, 3.8) is 0 Å². The van der Waals surface area contributed by atoms with Crippen LogP contribution in [-0.4, -0.2) is 53.5 Å². The summed E-state index contributed by atoms with van der Waals surface area (Å²) in [7, 11) is 0. The molecule has 92 valence electrons. The summed E-state index contributed by atoms with van der Waals surface area (Å²) in [6, 6.07) is 0.464. The summed E-state index contributed by atoms with van der Waals surface area (Å²) >= 11 is 0. The topological polar surface area (TPSA) is 49.6 Å². The zero-order chi connectivity index (χ0) is 11.8. The zero-order valence-corrected chi connectivity index (χ0v) is 10.4. The van der Waals surface area contributed by atoms with E-state index in [2.05, 4.69) is 18.7 Å². The first-order chi connectivity index (χ1) is 7.57. The van der Waals surface area contributed by atoms with Crippen LogP contribution in [0.5, 0.6) is 0 Å². The number of hydrogen-bond donors (Lipinski definition) is 1. The van der Waals surface area contributed by atoms with Gasteiger partial charge >= 0.3 is 0 Å². The summed E-state index contributed by atoms with van der Waals surface area (Å²) < 4.78 is 0. The van der Waals surface area contributed by atoms with Crippen molar-refractivity contribution in [2.75, 3.05) is 26.2 Å². The molecule has 16 heavy (non-hydrogen) atoms. The highest BCUT2D eigenvalue weighted by Crippen LogP contribution is 2.31. The molecule has 1 atom stereocenters. The molecule has 0 radical (unpaired) electrons. The molecule has 4 heteroatoms. The second kappa shape index (κ2) is 4.34. The van der Waals surface area contributed by atoms with Gasteiger partial charge in [-0.2, -0.15) is 0 Å². The Labute approximate surface area is 97.8 Å². The standard InChI is InChI=1S/C12H23N3O/c1-3-14-7-8-15(9-10(14)2)11(16)12(13)5-4-6-12/h10H,3-9,13H2,1-2H3. The van der Waals surface area contributed by atoms with Crippen molar-refractivity contribution in [2.24, 2.45) is 5.73 Å². The van der Waals surface area contributed by atoms with Crippen molar-refractivity contribution in [2.45, 2.75) is 44.7 Å². The Morgan fingerprint density at radius 1 is 1.44 bits per heavy atom. The normalized spacial score (nSPS) is 29.9. The lowest BCUT2D eigenvalue weighted by atomic mass is 9.76. The van der Waals surface area contributed by atoms with Gasteiger partial charge < -0.3 is 10.6 Å². The maximum atomic E-state index is 12.2. The van der Waals surface area contributed by atoms with E-state index >= 15 is 0 Å². The summed E-state index contributed by atoms with van der Waals surface area (Å²) in [6.45, 7) is 8.09. The summed E-state index contributed by atoms with van der Waals surface area (Å²) in [4.78, 5) is 16.6. The maximum absolute atomic E-state index is 12.2. The van der Waals surface area contributed by atoms with Crippen LogP contribution in [0, 0.1) is 0 Å². The lowest BCUT2D eigenvalue weighted by Gasteiger charge is -2.45. The number of rotatable bonds is 2. The van der Waals surface area contributed by atoms with E-state index in [4.69, 9.17) is 5.73 Å². The molecule has 0 aromatic carbocycles. The van der Waals surface area contributed by atoms with E-state index in [1.54, 1.807) is 0 Å². The number of carbonyl (C=O) groups is 1. The number of piperazine rings is 1. The number of amides is 1. The van der Waals surface area contributed by atoms with Crippen LogP contribution >= 0.6 is 0 Å². The molecule has 0 aromatic rings. The third kappa shape index (κ3) is 1.96. The van der Waals surface area contributed by atoms with E-state index < -0.39 is 5.54 Å². The quantitative estimate of drug-likeness (QED) is 0.741. The van der Waals surface area contributed by atoms with Crippen molar-refractivity contribution < 1.29 is 4.79 Å². The number of carbonyl (C=O) groups excluding carboxylic acids is 1. The fourth-order valence-electron chi connectivity index (χ4n) is 2.74. The Morgan fingerprint density at radius 3 is 2.56 bits per heavy atom. The van der Waals surface area contributed by atoms with Crippen molar-refractivity contribution in [3.05, 3.63) is 0 Å². The predicted molar refractivity (Wildman–Crippen MR) is 64.1 cm³/mol. The summed E-state index contributed by atoms with van der Waals surface area (Å²) in [5, 5.41) is 0. The number of nitrogens with zero attached hydrogens (tertiary/aromatic N) is 2. The molecular weight excluding hydrogens is 202 g/mol. The highest BCUT2D eigenvalue weighted by atomic mass is 16.2. The van der Waals surface area contributed by atoms with Gasteiger partial charge in [0.1, 0.15) is 0 Å². The maximum Gasteiger partial charge on any atom is 0.242 e. The Balaban J connectivity index is 1.94. The zero-order valence-electron chi connectivity index (χ0n) is 10.4. The van der Waals surface area contributed by atoms with Crippen LogP contribution in [0.25, 0.3) is 0 Å². The van der Waals surface area contributed by atoms with E-state index in [1.165, 1.54) is 0 Å². The van der Waals surface area contributed by atoms with Gasteiger partial charge in [-0.15, -0.1) is 0 Å². The minimum atomic E-state index is -0.520. The first-order valence-corrected chi connectivity index (χ1v) is 6.39. The van der Waals surface area contributed by atoms with Crippen molar-refractivity contribution in [1.29, 1.82) is 0 Å². The van der Waals surface area contributed by atoms with Crippen molar-refractivity contribution >= 4 is 5.91 Å². The lowest BCUT2D eigenvalue weighted by Crippen LogP contribution is -2.63. The van der Waals surface area contributed by atoms with Crippen LogP contribution in [0.2, 0.25) is 0 Å². The Bertz CT molecular complexity index is 275. The molecule has 2 N–H and O–H groups in total. The molecule has 2 aliphatic rings. The molecule has 1 saturated heterocycles. The summed E-state index contributed by atoms with van der Waals surface area (Å²) in [5.74, 6) is 0.182. The average molecular weight is 225 g/mol. The van der Waals surface area contributed by atoms with Gasteiger partial charge in [-0.25, -0.2) is 0 Å². The van der Waals surface area contributed by atoms with Crippen LogP contribution in [0.1, 0.15) is 33.1 Å². The molecule has 1 saturated carbocycles. The van der Waals surface area contributed by atoms with Gasteiger partial charge in [-0.05, 0) is 32.7 Å². The first-order valence-electron chi connectivity index (χ1n) is 6.39. The first kappa shape index (κ1) is 11.9. The SMILES string of the molecule is CCN1CCN(C(=O)C2(N)CCC2)CC1C. The molecule has 1 heterocycles. The van der Waals surface area contributed by atoms with Crippen molar-refractivity contribution in [1.82, 2.24) is 9.80 Å². The molecule has 1 aliphatic carbocycles. The number of nitrogens with two attached hydrogens (primary N) is 1. The molecule has 4 nitrogen and oxygen atoms in total. The molecule has 1 unspecified atom stereocenters. The predicted octanol–water partition coefficient (Wildman–Crippen LogP) is 0.420. The Hall–Kier alpha value is -0.610. The molecule has 1 amide bonds. The smallest absolute Gasteiger partial charge is 0.242 e. The van der Waals surface area contributed by atoms with Crippen LogP contribution in [0.4, 0.5) is 0 Å². The number of hydrogen-bond acceptors (Lipinski definition) is 3. The molecule has 0 spiro atoms. The molecule has 1 aliphatic heterocycles. The van der Waals surface area contributed by atoms with Gasteiger partial charge in [0.05, 0.1) is 5.54 Å². The van der Waals surface area contributed by atoms with Gasteiger partial charge in [-0.3, -0.25) is 9.69 Å². The van der Waals surface area contributed by atoms with E-state index in [1.807, 2.05) is 4.90 Å². The molecule has 2 rings (SSSR count). The third-order valence-corrected chi connectivity index (χ3v) is 4.13. The van der Waals surface area contributed by atoms with Gasteiger partial charge in [0.15, 0.2) is 0 Å². The Morgan fingerprint density at radius 2 is 2.12 bits per heavy atom. The van der Waals surface area contributed by atoms with Crippen LogP contribution in [0.3, 0.4) is 0 Å². The highest BCUT2D eigenvalue weighted by molar-refractivity contribution is 5.87. The summed E-state index contributed by atoms with van der Waals surface area (Å²) in [5.41, 5.74) is 5.57. The van der Waals surface area contributed by atoms with Crippen LogP contribution < -0.4 is 5.73 Å². The lowest BCUT2D eigenvalue weighted by molar-refractivity contribution is -0.143. The van der Waals surface area contributed by atoms with E-state index in [-0.39, 0.29) is 5.91 Å². The minimum Gasteiger partial charge on any atom is -0.338 e. The number of likely N-dealkylation sites (N-methyl/N-ethyl adjacent to an activating group) is 1. The molecule has 0 aromatic heterocycles. The van der Waals surface area contributed by atoms with Gasteiger partial charge in [0.2, 0.25) is 5.91 Å². The van der Waals surface area contributed by atoms with E-state index in [9.17, 15) is 4.79 Å². The van der Waals surface area contributed by atoms with Gasteiger partial charge in [0.25, 0.3) is 0 Å². The fraction of sp³-hybridized carbons (Fsp3) is 0.917. The molecular formula is C12H23N3O. The molecule has 0 bridgehead atoms. The van der Waals surface area contributed by atoms with Gasteiger partial charge in [-0.1, -0.05) is 6.92 Å². The average Bonchev–Trinajstić information content (AvgIpc) is 2.24. The second-order valence-corrected chi connectivity index (χ2v) is 5.24. The largest absolute Gasteiger partial charge is 0.338 e. The summed E-state index contributed by atoms with van der Waals surface area (Å²) in [6.07, 6.45) is 2.84. The highest BCUT2D eigenvalue weighted by Gasteiger charge is 2.43. The monoisotopic (exact) mass is 225 g/mol. The van der Waals surface area contributed by atoms with Crippen LogP contribution in [-0.2, 0) is 4.79 Å². The van der Waals surface area contributed by atoms with Crippen LogP contribution in [0.15, 0.2) is 0 Å². The molecule has 2 fully saturated rings. The van der Waals surface area contributed by atoms with E-state index in [0.29, 0.717) is 6.04 Å². The van der Waals surface area contributed by atoms with E-state index in [0.717, 1.165) is 45.4 Å².